The molecule has 0 spiro atoms. The van der Waals surface area contributed by atoms with Crippen molar-refractivity contribution in [1.82, 2.24) is 10.3 Å². The monoisotopic (exact) mass is 317 g/mol. The van der Waals surface area contributed by atoms with Gasteiger partial charge in [0.05, 0.1) is 10.9 Å². The third-order valence-electron chi connectivity index (χ3n) is 3.84. The summed E-state index contributed by atoms with van der Waals surface area (Å²) >= 11 is 1.36. The van der Waals surface area contributed by atoms with E-state index in [9.17, 15) is 9.59 Å². The highest BCUT2D eigenvalue weighted by Gasteiger charge is 2.29. The number of rotatable bonds is 4. The second kappa shape index (κ2) is 6.96. The number of thioether (sulfide) groups is 1. The van der Waals surface area contributed by atoms with E-state index in [0.717, 1.165) is 23.6 Å². The average Bonchev–Trinajstić information content (AvgIpc) is 2.55. The summed E-state index contributed by atoms with van der Waals surface area (Å²) in [4.78, 5) is 28.3. The fourth-order valence-corrected chi connectivity index (χ4v) is 3.67. The van der Waals surface area contributed by atoms with Gasteiger partial charge in [0.15, 0.2) is 0 Å². The molecule has 0 aromatic carbocycles. The molecule has 3 rings (SSSR count). The lowest BCUT2D eigenvalue weighted by atomic mass is 10.00. The maximum Gasteiger partial charge on any atom is 0.238 e. The second-order valence-electron chi connectivity index (χ2n) is 5.54. The molecule has 0 saturated carbocycles. The van der Waals surface area contributed by atoms with E-state index in [0.29, 0.717) is 6.54 Å². The van der Waals surface area contributed by atoms with Crippen LogP contribution in [-0.4, -0.2) is 28.6 Å². The normalized spacial score (nSPS) is 20.6. The van der Waals surface area contributed by atoms with Crippen molar-refractivity contribution in [2.75, 3.05) is 11.9 Å². The fourth-order valence-electron chi connectivity index (χ4n) is 2.63. The van der Waals surface area contributed by atoms with E-state index in [1.165, 1.54) is 30.2 Å². The van der Waals surface area contributed by atoms with Crippen molar-refractivity contribution in [3.8, 4) is 0 Å². The summed E-state index contributed by atoms with van der Waals surface area (Å²) < 4.78 is 0. The summed E-state index contributed by atoms with van der Waals surface area (Å²) in [7, 11) is 0. The van der Waals surface area contributed by atoms with Crippen LogP contribution < -0.4 is 10.6 Å². The SMILES string of the molecule is O=C(CC1Sc2ncccc2NC1=O)NCC1=CCCCC1. The van der Waals surface area contributed by atoms with Gasteiger partial charge in [0.25, 0.3) is 0 Å². The first-order valence-electron chi connectivity index (χ1n) is 7.59. The molecular weight excluding hydrogens is 298 g/mol. The second-order valence-corrected chi connectivity index (χ2v) is 6.73. The smallest absolute Gasteiger partial charge is 0.238 e. The maximum atomic E-state index is 12.1. The Morgan fingerprint density at radius 1 is 1.45 bits per heavy atom. The largest absolute Gasteiger partial charge is 0.352 e. The zero-order chi connectivity index (χ0) is 15.4. The van der Waals surface area contributed by atoms with E-state index in [-0.39, 0.29) is 18.2 Å². The predicted molar refractivity (Wildman–Crippen MR) is 86.7 cm³/mol. The van der Waals surface area contributed by atoms with Crippen LogP contribution in [-0.2, 0) is 9.59 Å². The van der Waals surface area contributed by atoms with Gasteiger partial charge >= 0.3 is 0 Å². The molecule has 2 amide bonds. The van der Waals surface area contributed by atoms with Crippen LogP contribution in [0, 0.1) is 0 Å². The molecule has 22 heavy (non-hydrogen) atoms. The van der Waals surface area contributed by atoms with E-state index in [1.54, 1.807) is 12.3 Å². The van der Waals surface area contributed by atoms with Crippen molar-refractivity contribution >= 4 is 29.3 Å². The summed E-state index contributed by atoms with van der Waals surface area (Å²) in [6.45, 7) is 0.604. The van der Waals surface area contributed by atoms with E-state index >= 15 is 0 Å². The summed E-state index contributed by atoms with van der Waals surface area (Å²) in [6.07, 6.45) is 8.69. The molecule has 0 fully saturated rings. The molecule has 1 aromatic heterocycles. The number of amides is 2. The summed E-state index contributed by atoms with van der Waals surface area (Å²) in [5.41, 5.74) is 2.02. The van der Waals surface area contributed by atoms with Gasteiger partial charge in [0.1, 0.15) is 5.03 Å². The predicted octanol–water partition coefficient (Wildman–Crippen LogP) is 2.50. The van der Waals surface area contributed by atoms with Gasteiger partial charge < -0.3 is 10.6 Å². The minimum atomic E-state index is -0.414. The maximum absolute atomic E-state index is 12.1. The van der Waals surface area contributed by atoms with Crippen molar-refractivity contribution in [1.29, 1.82) is 0 Å². The van der Waals surface area contributed by atoms with Crippen molar-refractivity contribution in [3.05, 3.63) is 30.0 Å². The lowest BCUT2D eigenvalue weighted by Gasteiger charge is -2.22. The highest BCUT2D eigenvalue weighted by Crippen LogP contribution is 2.34. The molecular formula is C16H19N3O2S. The first-order chi connectivity index (χ1) is 10.7. The van der Waals surface area contributed by atoms with E-state index in [2.05, 4.69) is 21.7 Å². The number of aromatic nitrogens is 1. The van der Waals surface area contributed by atoms with E-state index < -0.39 is 5.25 Å². The summed E-state index contributed by atoms with van der Waals surface area (Å²) in [5.74, 6) is -0.212. The third-order valence-corrected chi connectivity index (χ3v) is 5.06. The fraction of sp³-hybridized carbons (Fsp3) is 0.438. The zero-order valence-electron chi connectivity index (χ0n) is 12.3. The molecule has 2 N–H and O–H groups in total. The van der Waals surface area contributed by atoms with Crippen LogP contribution in [0.5, 0.6) is 0 Å². The number of fused-ring (bicyclic) bond motifs is 1. The van der Waals surface area contributed by atoms with Crippen LogP contribution in [0.4, 0.5) is 5.69 Å². The lowest BCUT2D eigenvalue weighted by molar-refractivity contribution is -0.123. The van der Waals surface area contributed by atoms with Gasteiger partial charge in [-0.1, -0.05) is 23.4 Å². The molecule has 2 heterocycles. The minimum Gasteiger partial charge on any atom is -0.352 e. The van der Waals surface area contributed by atoms with Crippen LogP contribution in [0.1, 0.15) is 32.1 Å². The van der Waals surface area contributed by atoms with Gasteiger partial charge in [-0.15, -0.1) is 0 Å². The molecule has 0 bridgehead atoms. The topological polar surface area (TPSA) is 71.1 Å². The van der Waals surface area contributed by atoms with Crippen molar-refractivity contribution in [2.24, 2.45) is 0 Å². The van der Waals surface area contributed by atoms with Crippen LogP contribution in [0.15, 0.2) is 35.0 Å². The minimum absolute atomic E-state index is 0.0847. The summed E-state index contributed by atoms with van der Waals surface area (Å²) in [6, 6.07) is 3.60. The number of hydrogen-bond acceptors (Lipinski definition) is 4. The van der Waals surface area contributed by atoms with Crippen LogP contribution >= 0.6 is 11.8 Å². The first-order valence-corrected chi connectivity index (χ1v) is 8.47. The molecule has 2 aliphatic rings. The van der Waals surface area contributed by atoms with Gasteiger partial charge in [0, 0.05) is 19.2 Å². The standard InChI is InChI=1S/C16H19N3O2S/c20-14(18-10-11-5-2-1-3-6-11)9-13-15(21)19-12-7-4-8-17-16(12)22-13/h4-5,7-8,13H,1-3,6,9-10H2,(H,18,20)(H,19,21). The van der Waals surface area contributed by atoms with Crippen LogP contribution in [0.3, 0.4) is 0 Å². The highest BCUT2D eigenvalue weighted by atomic mass is 32.2. The third kappa shape index (κ3) is 3.68. The number of carbonyl (C=O) groups excluding carboxylic acids is 2. The van der Waals surface area contributed by atoms with E-state index in [1.807, 2.05) is 6.07 Å². The van der Waals surface area contributed by atoms with Crippen LogP contribution in [0.2, 0.25) is 0 Å². The van der Waals surface area contributed by atoms with E-state index in [4.69, 9.17) is 0 Å². The molecule has 1 atom stereocenters. The van der Waals surface area contributed by atoms with Crippen molar-refractivity contribution in [3.63, 3.8) is 0 Å². The molecule has 0 saturated heterocycles. The van der Waals surface area contributed by atoms with Crippen LogP contribution in [0.25, 0.3) is 0 Å². The Morgan fingerprint density at radius 3 is 3.18 bits per heavy atom. The Morgan fingerprint density at radius 2 is 2.36 bits per heavy atom. The molecule has 1 aliphatic heterocycles. The number of allylic oxidation sites excluding steroid dienone is 1. The van der Waals surface area contributed by atoms with Gasteiger partial charge in [-0.2, -0.15) is 0 Å². The summed E-state index contributed by atoms with van der Waals surface area (Å²) in [5, 5.41) is 6.09. The van der Waals surface area contributed by atoms with Crippen molar-refractivity contribution < 1.29 is 9.59 Å². The molecule has 1 aliphatic carbocycles. The average molecular weight is 317 g/mol. The number of anilines is 1. The van der Waals surface area contributed by atoms with Gasteiger partial charge in [-0.3, -0.25) is 9.59 Å². The van der Waals surface area contributed by atoms with Gasteiger partial charge in [-0.25, -0.2) is 4.98 Å². The molecule has 0 radical (unpaired) electrons. The zero-order valence-corrected chi connectivity index (χ0v) is 13.1. The van der Waals surface area contributed by atoms with Gasteiger partial charge in [-0.05, 0) is 37.8 Å². The number of carbonyl (C=O) groups is 2. The number of hydrogen-bond donors (Lipinski definition) is 2. The lowest BCUT2D eigenvalue weighted by Crippen LogP contribution is -2.35. The molecule has 1 unspecified atom stereocenters. The first kappa shape index (κ1) is 15.1. The number of nitrogens with one attached hydrogen (secondary N) is 2. The Balaban J connectivity index is 1.53. The Bertz CT molecular complexity index is 615. The van der Waals surface area contributed by atoms with Gasteiger partial charge in [0.2, 0.25) is 11.8 Å². The molecule has 116 valence electrons. The Hall–Kier alpha value is -1.82. The quantitative estimate of drug-likeness (QED) is 0.837. The van der Waals surface area contributed by atoms with Crippen molar-refractivity contribution in [2.45, 2.75) is 42.4 Å². The molecule has 1 aromatic rings. The molecule has 6 heteroatoms. The Kier molecular flexibility index (Phi) is 4.77. The number of nitrogens with zero attached hydrogens (tertiary/aromatic N) is 1. The highest BCUT2D eigenvalue weighted by molar-refractivity contribution is 8.00. The Labute approximate surface area is 134 Å². The molecule has 5 nitrogen and oxygen atoms in total. The number of pyridine rings is 1.